The Balaban J connectivity index is 2.11. The highest BCUT2D eigenvalue weighted by Gasteiger charge is 2.05. The average molecular weight is 281 g/mol. The van der Waals surface area contributed by atoms with Gasteiger partial charge in [-0.25, -0.2) is 4.39 Å². The molecule has 0 radical (unpaired) electrons. The molecule has 1 aromatic rings. The predicted molar refractivity (Wildman–Crippen MR) is 77.9 cm³/mol. The number of esters is 1. The number of carbonyl (C=O) groups is 1. The standard InChI is InChI=1S/C16H24FNO2/c1-3-20-16(19)10-5-4-6-11-18-13(2)14-8-7-9-15(17)12-14/h7-9,12-13,18H,3-6,10-11H2,1-2H3. The van der Waals surface area contributed by atoms with Gasteiger partial charge in [0.1, 0.15) is 5.82 Å². The second-order valence-electron chi connectivity index (χ2n) is 4.85. The maximum atomic E-state index is 13.1. The van der Waals surface area contributed by atoms with Crippen LogP contribution in [0.2, 0.25) is 0 Å². The molecule has 1 atom stereocenters. The van der Waals surface area contributed by atoms with Crippen LogP contribution in [0.1, 0.15) is 51.1 Å². The molecule has 0 aliphatic rings. The number of ether oxygens (including phenoxy) is 1. The molecule has 0 fully saturated rings. The third-order valence-electron chi connectivity index (χ3n) is 3.16. The summed E-state index contributed by atoms with van der Waals surface area (Å²) in [4.78, 5) is 11.1. The summed E-state index contributed by atoms with van der Waals surface area (Å²) in [6.07, 6.45) is 3.34. The van der Waals surface area contributed by atoms with E-state index < -0.39 is 0 Å². The molecule has 0 saturated carbocycles. The molecule has 0 aliphatic carbocycles. The van der Waals surface area contributed by atoms with Crippen molar-refractivity contribution in [2.45, 2.75) is 45.6 Å². The zero-order chi connectivity index (χ0) is 14.8. The second-order valence-corrected chi connectivity index (χ2v) is 4.85. The zero-order valence-electron chi connectivity index (χ0n) is 12.3. The fraction of sp³-hybridized carbons (Fsp3) is 0.562. The summed E-state index contributed by atoms with van der Waals surface area (Å²) in [6, 6.07) is 6.78. The lowest BCUT2D eigenvalue weighted by Gasteiger charge is -2.14. The van der Waals surface area contributed by atoms with Crippen LogP contribution in [0, 0.1) is 5.82 Å². The van der Waals surface area contributed by atoms with Crippen LogP contribution in [0.5, 0.6) is 0 Å². The molecule has 0 amide bonds. The Labute approximate surface area is 120 Å². The first-order valence-electron chi connectivity index (χ1n) is 7.28. The monoisotopic (exact) mass is 281 g/mol. The number of halogens is 1. The third-order valence-corrected chi connectivity index (χ3v) is 3.16. The first-order valence-corrected chi connectivity index (χ1v) is 7.28. The molecule has 0 spiro atoms. The topological polar surface area (TPSA) is 38.3 Å². The number of benzene rings is 1. The average Bonchev–Trinajstić information content (AvgIpc) is 2.42. The molecule has 3 nitrogen and oxygen atoms in total. The van der Waals surface area contributed by atoms with Crippen molar-refractivity contribution in [2.75, 3.05) is 13.2 Å². The van der Waals surface area contributed by atoms with Crippen molar-refractivity contribution in [3.8, 4) is 0 Å². The van der Waals surface area contributed by atoms with Crippen LogP contribution in [0.25, 0.3) is 0 Å². The number of nitrogens with one attached hydrogen (secondary N) is 1. The van der Waals surface area contributed by atoms with Crippen molar-refractivity contribution in [3.05, 3.63) is 35.6 Å². The van der Waals surface area contributed by atoms with Gasteiger partial charge in [-0.2, -0.15) is 0 Å². The van der Waals surface area contributed by atoms with Crippen LogP contribution in [0.3, 0.4) is 0 Å². The van der Waals surface area contributed by atoms with Gasteiger partial charge in [-0.05, 0) is 50.9 Å². The van der Waals surface area contributed by atoms with Crippen LogP contribution in [-0.4, -0.2) is 19.1 Å². The summed E-state index contributed by atoms with van der Waals surface area (Å²) < 4.78 is 17.9. The van der Waals surface area contributed by atoms with Gasteiger partial charge in [0.25, 0.3) is 0 Å². The molecule has 1 rings (SSSR count). The first-order chi connectivity index (χ1) is 9.63. The molecule has 0 heterocycles. The minimum absolute atomic E-state index is 0.117. The van der Waals surface area contributed by atoms with Gasteiger partial charge >= 0.3 is 5.97 Å². The van der Waals surface area contributed by atoms with Crippen LogP contribution < -0.4 is 5.32 Å². The fourth-order valence-electron chi connectivity index (χ4n) is 2.02. The van der Waals surface area contributed by atoms with E-state index in [-0.39, 0.29) is 17.8 Å². The van der Waals surface area contributed by atoms with Gasteiger partial charge in [-0.15, -0.1) is 0 Å². The van der Waals surface area contributed by atoms with E-state index in [1.165, 1.54) is 6.07 Å². The lowest BCUT2D eigenvalue weighted by atomic mass is 10.1. The molecule has 20 heavy (non-hydrogen) atoms. The minimum atomic E-state index is -0.203. The quantitative estimate of drug-likeness (QED) is 0.555. The maximum Gasteiger partial charge on any atom is 0.305 e. The van der Waals surface area contributed by atoms with Gasteiger partial charge in [-0.3, -0.25) is 4.79 Å². The lowest BCUT2D eigenvalue weighted by Crippen LogP contribution is -2.20. The van der Waals surface area contributed by atoms with Crippen LogP contribution in [0.15, 0.2) is 24.3 Å². The first kappa shape index (κ1) is 16.6. The van der Waals surface area contributed by atoms with Crippen LogP contribution >= 0.6 is 0 Å². The van der Waals surface area contributed by atoms with Crippen molar-refractivity contribution in [3.63, 3.8) is 0 Å². The van der Waals surface area contributed by atoms with Gasteiger partial charge in [0.05, 0.1) is 6.61 Å². The van der Waals surface area contributed by atoms with Gasteiger partial charge in [0, 0.05) is 12.5 Å². The number of rotatable bonds is 9. The van der Waals surface area contributed by atoms with Gasteiger partial charge in [0.15, 0.2) is 0 Å². The van der Waals surface area contributed by atoms with E-state index in [4.69, 9.17) is 4.74 Å². The summed E-state index contributed by atoms with van der Waals surface area (Å²) >= 11 is 0. The van der Waals surface area contributed by atoms with Gasteiger partial charge in [0.2, 0.25) is 0 Å². The molecule has 0 aliphatic heterocycles. The molecular weight excluding hydrogens is 257 g/mol. The fourth-order valence-corrected chi connectivity index (χ4v) is 2.02. The normalized spacial score (nSPS) is 12.2. The minimum Gasteiger partial charge on any atom is -0.466 e. The Bertz CT molecular complexity index is 409. The molecular formula is C16H24FNO2. The molecule has 1 N–H and O–H groups in total. The Kier molecular flexibility index (Phi) is 7.88. The van der Waals surface area contributed by atoms with Gasteiger partial charge < -0.3 is 10.1 Å². The Morgan fingerprint density at radius 2 is 2.15 bits per heavy atom. The van der Waals surface area contributed by atoms with Crippen molar-refractivity contribution in [1.29, 1.82) is 0 Å². The van der Waals surface area contributed by atoms with Crippen molar-refractivity contribution >= 4 is 5.97 Å². The van der Waals surface area contributed by atoms with Gasteiger partial charge in [-0.1, -0.05) is 18.6 Å². The predicted octanol–water partition coefficient (Wildman–Crippen LogP) is 3.60. The highest BCUT2D eigenvalue weighted by Crippen LogP contribution is 2.13. The van der Waals surface area contributed by atoms with E-state index in [0.717, 1.165) is 31.4 Å². The zero-order valence-corrected chi connectivity index (χ0v) is 12.3. The molecule has 1 unspecified atom stereocenters. The van der Waals surface area contributed by atoms with Crippen LogP contribution in [-0.2, 0) is 9.53 Å². The molecule has 112 valence electrons. The summed E-state index contributed by atoms with van der Waals surface area (Å²) in [6.45, 7) is 5.15. The summed E-state index contributed by atoms with van der Waals surface area (Å²) in [7, 11) is 0. The number of carbonyl (C=O) groups excluding carboxylic acids is 1. The molecule has 1 aromatic carbocycles. The Morgan fingerprint density at radius 1 is 1.35 bits per heavy atom. The SMILES string of the molecule is CCOC(=O)CCCCCNC(C)c1cccc(F)c1. The summed E-state index contributed by atoms with van der Waals surface area (Å²) in [5, 5.41) is 3.36. The smallest absolute Gasteiger partial charge is 0.305 e. The van der Waals surface area contributed by atoms with Crippen molar-refractivity contribution in [1.82, 2.24) is 5.32 Å². The van der Waals surface area contributed by atoms with Crippen LogP contribution in [0.4, 0.5) is 4.39 Å². The highest BCUT2D eigenvalue weighted by atomic mass is 19.1. The van der Waals surface area contributed by atoms with E-state index in [1.54, 1.807) is 12.1 Å². The van der Waals surface area contributed by atoms with Crippen molar-refractivity contribution < 1.29 is 13.9 Å². The van der Waals surface area contributed by atoms with E-state index in [1.807, 2.05) is 19.9 Å². The third kappa shape index (κ3) is 6.66. The molecule has 0 saturated heterocycles. The summed E-state index contributed by atoms with van der Waals surface area (Å²) in [5.41, 5.74) is 0.955. The van der Waals surface area contributed by atoms with E-state index in [2.05, 4.69) is 5.32 Å². The second kappa shape index (κ2) is 9.48. The number of hydrogen-bond donors (Lipinski definition) is 1. The van der Waals surface area contributed by atoms with E-state index >= 15 is 0 Å². The van der Waals surface area contributed by atoms with E-state index in [9.17, 15) is 9.18 Å². The largest absolute Gasteiger partial charge is 0.466 e. The Hall–Kier alpha value is -1.42. The van der Waals surface area contributed by atoms with Crippen molar-refractivity contribution in [2.24, 2.45) is 0 Å². The van der Waals surface area contributed by atoms with E-state index in [0.29, 0.717) is 13.0 Å². The Morgan fingerprint density at radius 3 is 2.85 bits per heavy atom. The number of unbranched alkanes of at least 4 members (excludes halogenated alkanes) is 2. The molecule has 0 bridgehead atoms. The highest BCUT2D eigenvalue weighted by molar-refractivity contribution is 5.69. The molecule has 4 heteroatoms. The number of hydrogen-bond acceptors (Lipinski definition) is 3. The summed E-state index contributed by atoms with van der Waals surface area (Å²) in [5.74, 6) is -0.320. The maximum absolute atomic E-state index is 13.1. The lowest BCUT2D eigenvalue weighted by molar-refractivity contribution is -0.143. The molecule has 0 aromatic heterocycles.